The van der Waals surface area contributed by atoms with Crippen molar-refractivity contribution in [2.24, 2.45) is 0 Å². The lowest BCUT2D eigenvalue weighted by atomic mass is 10.2. The van der Waals surface area contributed by atoms with Crippen molar-refractivity contribution < 1.29 is 17.9 Å². The van der Waals surface area contributed by atoms with Gasteiger partial charge in [0.1, 0.15) is 5.75 Å². The first-order chi connectivity index (χ1) is 8.48. The van der Waals surface area contributed by atoms with Crippen LogP contribution in [0.25, 0.3) is 0 Å². The van der Waals surface area contributed by atoms with E-state index in [0.717, 1.165) is 17.7 Å². The second-order valence-corrected chi connectivity index (χ2v) is 5.24. The monoisotopic (exact) mass is 277 g/mol. The van der Waals surface area contributed by atoms with Gasteiger partial charge in [0.15, 0.2) is 0 Å². The van der Waals surface area contributed by atoms with Crippen LogP contribution < -0.4 is 10.1 Å². The Morgan fingerprint density at radius 3 is 2.50 bits per heavy atom. The summed E-state index contributed by atoms with van der Waals surface area (Å²) in [5.41, 5.74) is 0.977. The molecule has 0 aromatic heterocycles. The smallest absolute Gasteiger partial charge is 0.406 e. The van der Waals surface area contributed by atoms with E-state index < -0.39 is 6.36 Å². The zero-order valence-corrected chi connectivity index (χ0v) is 10.6. The van der Waals surface area contributed by atoms with Gasteiger partial charge >= 0.3 is 6.36 Å². The maximum absolute atomic E-state index is 12.0. The van der Waals surface area contributed by atoms with Crippen LogP contribution >= 0.6 is 11.8 Å². The summed E-state index contributed by atoms with van der Waals surface area (Å²) in [4.78, 5) is 0. The summed E-state index contributed by atoms with van der Waals surface area (Å²) in [6.45, 7) is 2.11. The van der Waals surface area contributed by atoms with Crippen molar-refractivity contribution in [2.75, 3.05) is 5.75 Å². The van der Waals surface area contributed by atoms with E-state index in [2.05, 4.69) is 17.0 Å². The van der Waals surface area contributed by atoms with Crippen molar-refractivity contribution in [3.05, 3.63) is 29.8 Å². The van der Waals surface area contributed by atoms with Crippen LogP contribution in [-0.4, -0.2) is 18.2 Å². The van der Waals surface area contributed by atoms with Crippen molar-refractivity contribution >= 4 is 11.8 Å². The van der Waals surface area contributed by atoms with Crippen molar-refractivity contribution in [2.45, 2.75) is 31.1 Å². The average Bonchev–Trinajstić information content (AvgIpc) is 2.76. The summed E-state index contributed by atoms with van der Waals surface area (Å²) in [5.74, 6) is 0.850. The summed E-state index contributed by atoms with van der Waals surface area (Å²) in [5, 5.41) is 3.59. The van der Waals surface area contributed by atoms with E-state index >= 15 is 0 Å². The summed E-state index contributed by atoms with van der Waals surface area (Å²) < 4.78 is 39.8. The van der Waals surface area contributed by atoms with E-state index in [1.165, 1.54) is 12.1 Å². The third kappa shape index (κ3) is 3.55. The van der Waals surface area contributed by atoms with Crippen LogP contribution in [0.15, 0.2) is 24.3 Å². The van der Waals surface area contributed by atoms with Gasteiger partial charge in [-0.2, -0.15) is 0 Å². The number of hydrogen-bond acceptors (Lipinski definition) is 3. The van der Waals surface area contributed by atoms with Crippen LogP contribution in [-0.2, 0) is 0 Å². The molecule has 1 aromatic rings. The second-order valence-electron chi connectivity index (χ2n) is 4.10. The standard InChI is InChI=1S/C12H14F3NOS/c1-2-9-7-18-11(16-9)8-3-5-10(6-4-8)17-12(13,14)15/h3-6,9,11,16H,2,7H2,1H3. The van der Waals surface area contributed by atoms with E-state index in [1.807, 2.05) is 0 Å². The SMILES string of the molecule is CCC1CSC(c2ccc(OC(F)(F)F)cc2)N1. The molecule has 0 amide bonds. The fourth-order valence-corrected chi connectivity index (χ4v) is 3.19. The highest BCUT2D eigenvalue weighted by molar-refractivity contribution is 7.99. The Balaban J connectivity index is 2.00. The van der Waals surface area contributed by atoms with Crippen molar-refractivity contribution in [1.29, 1.82) is 0 Å². The second kappa shape index (κ2) is 5.40. The molecule has 0 spiro atoms. The lowest BCUT2D eigenvalue weighted by molar-refractivity contribution is -0.274. The van der Waals surface area contributed by atoms with Crippen molar-refractivity contribution in [1.82, 2.24) is 5.32 Å². The van der Waals surface area contributed by atoms with Gasteiger partial charge in [-0.15, -0.1) is 24.9 Å². The number of thioether (sulfide) groups is 1. The Kier molecular flexibility index (Phi) is 4.07. The van der Waals surface area contributed by atoms with Gasteiger partial charge in [0, 0.05) is 11.8 Å². The van der Waals surface area contributed by atoms with Gasteiger partial charge in [-0.05, 0) is 24.1 Å². The lowest BCUT2D eigenvalue weighted by Gasteiger charge is -2.13. The minimum atomic E-state index is -4.63. The molecule has 1 N–H and O–H groups in total. The maximum atomic E-state index is 12.0. The molecular weight excluding hydrogens is 263 g/mol. The molecule has 1 aliphatic heterocycles. The number of hydrogen-bond donors (Lipinski definition) is 1. The zero-order chi connectivity index (χ0) is 13.2. The van der Waals surface area contributed by atoms with E-state index in [4.69, 9.17) is 0 Å². The number of benzene rings is 1. The number of nitrogens with one attached hydrogen (secondary N) is 1. The molecule has 1 fully saturated rings. The van der Waals surface area contributed by atoms with E-state index in [9.17, 15) is 13.2 Å². The fourth-order valence-electron chi connectivity index (χ4n) is 1.80. The van der Waals surface area contributed by atoms with Gasteiger partial charge in [-0.25, -0.2) is 0 Å². The molecule has 0 saturated carbocycles. The van der Waals surface area contributed by atoms with Gasteiger partial charge in [0.25, 0.3) is 0 Å². The van der Waals surface area contributed by atoms with Crippen LogP contribution in [0, 0.1) is 0 Å². The molecule has 2 atom stereocenters. The van der Waals surface area contributed by atoms with Gasteiger partial charge < -0.3 is 4.74 Å². The fraction of sp³-hybridized carbons (Fsp3) is 0.500. The maximum Gasteiger partial charge on any atom is 0.573 e. The topological polar surface area (TPSA) is 21.3 Å². The van der Waals surface area contributed by atoms with Crippen LogP contribution in [0.1, 0.15) is 24.3 Å². The highest BCUT2D eigenvalue weighted by atomic mass is 32.2. The first-order valence-electron chi connectivity index (χ1n) is 5.71. The Labute approximate surface area is 108 Å². The molecule has 1 aromatic carbocycles. The highest BCUT2D eigenvalue weighted by Crippen LogP contribution is 2.34. The minimum absolute atomic E-state index is 0.162. The Bertz CT molecular complexity index is 393. The Morgan fingerprint density at radius 2 is 2.00 bits per heavy atom. The van der Waals surface area contributed by atoms with Crippen LogP contribution in [0.5, 0.6) is 5.75 Å². The lowest BCUT2D eigenvalue weighted by Crippen LogP contribution is -2.24. The van der Waals surface area contributed by atoms with E-state index in [0.29, 0.717) is 6.04 Å². The molecule has 1 aliphatic rings. The summed E-state index contributed by atoms with van der Waals surface area (Å²) >= 11 is 1.77. The summed E-state index contributed by atoms with van der Waals surface area (Å²) in [6, 6.07) is 6.52. The molecule has 1 saturated heterocycles. The quantitative estimate of drug-likeness (QED) is 0.910. The highest BCUT2D eigenvalue weighted by Gasteiger charge is 2.31. The van der Waals surface area contributed by atoms with Crippen LogP contribution in [0.3, 0.4) is 0 Å². The number of alkyl halides is 3. The van der Waals surface area contributed by atoms with Crippen LogP contribution in [0.4, 0.5) is 13.2 Å². The molecule has 0 radical (unpaired) electrons. The van der Waals surface area contributed by atoms with Gasteiger partial charge in [0.05, 0.1) is 5.37 Å². The summed E-state index contributed by atoms with van der Waals surface area (Å²) in [6.07, 6.45) is -3.58. The molecule has 2 nitrogen and oxygen atoms in total. The molecule has 0 aliphatic carbocycles. The van der Waals surface area contributed by atoms with Crippen LogP contribution in [0.2, 0.25) is 0 Å². The van der Waals surface area contributed by atoms with Gasteiger partial charge in [-0.1, -0.05) is 19.1 Å². The third-order valence-electron chi connectivity index (χ3n) is 2.76. The summed E-state index contributed by atoms with van der Waals surface area (Å²) in [7, 11) is 0. The normalized spacial score (nSPS) is 24.2. The minimum Gasteiger partial charge on any atom is -0.406 e. The van der Waals surface area contributed by atoms with Gasteiger partial charge in [0.2, 0.25) is 0 Å². The molecule has 0 bridgehead atoms. The zero-order valence-electron chi connectivity index (χ0n) is 9.83. The predicted octanol–water partition coefficient (Wildman–Crippen LogP) is 3.70. The van der Waals surface area contributed by atoms with Crippen molar-refractivity contribution in [3.8, 4) is 5.75 Å². The molecule has 6 heteroatoms. The number of halogens is 3. The molecule has 1 heterocycles. The molecule has 100 valence electrons. The largest absolute Gasteiger partial charge is 0.573 e. The third-order valence-corrected chi connectivity index (χ3v) is 4.10. The Hall–Kier alpha value is -0.880. The Morgan fingerprint density at radius 1 is 1.33 bits per heavy atom. The first-order valence-corrected chi connectivity index (χ1v) is 6.76. The van der Waals surface area contributed by atoms with Crippen molar-refractivity contribution in [3.63, 3.8) is 0 Å². The first kappa shape index (κ1) is 13.5. The molecule has 18 heavy (non-hydrogen) atoms. The average molecular weight is 277 g/mol. The molecule has 2 rings (SSSR count). The number of ether oxygens (including phenoxy) is 1. The number of rotatable bonds is 3. The predicted molar refractivity (Wildman–Crippen MR) is 65.5 cm³/mol. The van der Waals surface area contributed by atoms with E-state index in [1.54, 1.807) is 23.9 Å². The molecular formula is C12H14F3NOS. The molecule has 2 unspecified atom stereocenters. The van der Waals surface area contributed by atoms with E-state index in [-0.39, 0.29) is 11.1 Å². The van der Waals surface area contributed by atoms with Gasteiger partial charge in [-0.3, -0.25) is 5.32 Å².